The number of carbonyl (C=O) groups is 2. The molecular formula is C27H34N8O3. The van der Waals surface area contributed by atoms with Crippen LogP contribution in [0.4, 0.5) is 23.1 Å². The molecule has 1 atom stereocenters. The van der Waals surface area contributed by atoms with Crippen LogP contribution in [0.2, 0.25) is 0 Å². The molecule has 1 aliphatic heterocycles. The van der Waals surface area contributed by atoms with E-state index in [-0.39, 0.29) is 29.3 Å². The number of para-hydroxylation sites is 1. The molecule has 2 aromatic heterocycles. The van der Waals surface area contributed by atoms with Crippen LogP contribution in [0.15, 0.2) is 49.4 Å². The van der Waals surface area contributed by atoms with Gasteiger partial charge >= 0.3 is 0 Å². The van der Waals surface area contributed by atoms with Crippen molar-refractivity contribution in [1.82, 2.24) is 24.6 Å². The lowest BCUT2D eigenvalue weighted by atomic mass is 10.1. The van der Waals surface area contributed by atoms with Crippen LogP contribution >= 0.6 is 0 Å². The van der Waals surface area contributed by atoms with Crippen LogP contribution in [0.3, 0.4) is 0 Å². The van der Waals surface area contributed by atoms with Gasteiger partial charge in [0.1, 0.15) is 17.1 Å². The minimum absolute atomic E-state index is 0.0592. The van der Waals surface area contributed by atoms with Crippen molar-refractivity contribution in [2.24, 2.45) is 11.7 Å². The zero-order valence-corrected chi connectivity index (χ0v) is 22.0. The summed E-state index contributed by atoms with van der Waals surface area (Å²) in [6, 6.07) is 5.78. The second-order valence-electron chi connectivity index (χ2n) is 9.72. The van der Waals surface area contributed by atoms with Crippen molar-refractivity contribution in [3.05, 3.63) is 60.6 Å². The third-order valence-electron chi connectivity index (χ3n) is 6.22. The van der Waals surface area contributed by atoms with Gasteiger partial charge in [-0.25, -0.2) is 4.98 Å². The molecule has 2 amide bonds. The van der Waals surface area contributed by atoms with Crippen molar-refractivity contribution in [1.29, 1.82) is 0 Å². The number of benzene rings is 1. The van der Waals surface area contributed by atoms with Crippen molar-refractivity contribution >= 4 is 35.0 Å². The topological polar surface area (TPSA) is 140 Å². The van der Waals surface area contributed by atoms with Crippen LogP contribution in [0.1, 0.15) is 48.7 Å². The zero-order valence-electron chi connectivity index (χ0n) is 22.0. The Morgan fingerprint density at radius 2 is 2.11 bits per heavy atom. The van der Waals surface area contributed by atoms with Gasteiger partial charge in [-0.05, 0) is 43.4 Å². The standard InChI is InChI=1S/C27H34N8O3/c1-5-23(36)34-11-7-9-20(15-34)35-14-19(12-30-35)31-27-29-13-21(25(28)37)26(33-27)32-24-18(4)8-6-10-22(24)38-16-17(2)3/h5-6,8,10,12-14,17,20H,1,7,9,11,15-16H2,2-4H3,(H2,28,37)(H2,29,31,32,33)/t20-/m0/s1. The molecule has 4 N–H and O–H groups in total. The van der Waals surface area contributed by atoms with E-state index < -0.39 is 5.91 Å². The van der Waals surface area contributed by atoms with Gasteiger partial charge in [0.2, 0.25) is 11.9 Å². The van der Waals surface area contributed by atoms with E-state index in [2.05, 4.69) is 46.1 Å². The first-order valence-electron chi connectivity index (χ1n) is 12.6. The molecule has 11 heteroatoms. The predicted octanol–water partition coefficient (Wildman–Crippen LogP) is 3.95. The Balaban J connectivity index is 1.55. The second kappa shape index (κ2) is 11.8. The van der Waals surface area contributed by atoms with Gasteiger partial charge in [0.15, 0.2) is 0 Å². The number of carbonyl (C=O) groups excluding carboxylic acids is 2. The van der Waals surface area contributed by atoms with Crippen LogP contribution in [0.25, 0.3) is 0 Å². The number of hydrogen-bond acceptors (Lipinski definition) is 8. The van der Waals surface area contributed by atoms with Crippen LogP contribution < -0.4 is 21.1 Å². The highest BCUT2D eigenvalue weighted by Crippen LogP contribution is 2.32. The van der Waals surface area contributed by atoms with Gasteiger partial charge in [0.25, 0.3) is 5.91 Å². The summed E-state index contributed by atoms with van der Waals surface area (Å²) in [5, 5.41) is 10.9. The average molecular weight is 519 g/mol. The summed E-state index contributed by atoms with van der Waals surface area (Å²) in [6.45, 7) is 11.5. The van der Waals surface area contributed by atoms with Gasteiger partial charge in [-0.1, -0.05) is 32.6 Å². The Kier molecular flexibility index (Phi) is 8.25. The predicted molar refractivity (Wildman–Crippen MR) is 146 cm³/mol. The number of anilines is 4. The molecule has 200 valence electrons. The monoisotopic (exact) mass is 518 g/mol. The molecule has 0 bridgehead atoms. The van der Waals surface area contributed by atoms with Crippen LogP contribution in [-0.4, -0.2) is 56.2 Å². The highest BCUT2D eigenvalue weighted by molar-refractivity contribution is 5.98. The van der Waals surface area contributed by atoms with Crippen LogP contribution in [0.5, 0.6) is 5.75 Å². The number of nitrogens with zero attached hydrogens (tertiary/aromatic N) is 5. The fraction of sp³-hybridized carbons (Fsp3) is 0.370. The fourth-order valence-electron chi connectivity index (χ4n) is 4.25. The number of hydrogen-bond donors (Lipinski definition) is 3. The molecule has 0 saturated carbocycles. The lowest BCUT2D eigenvalue weighted by Gasteiger charge is -2.32. The average Bonchev–Trinajstić information content (AvgIpc) is 3.37. The Labute approximate surface area is 222 Å². The maximum Gasteiger partial charge on any atom is 0.254 e. The van der Waals surface area contributed by atoms with Gasteiger partial charge in [0, 0.05) is 25.5 Å². The highest BCUT2D eigenvalue weighted by atomic mass is 16.5. The van der Waals surface area contributed by atoms with Crippen LogP contribution in [0, 0.1) is 12.8 Å². The molecule has 1 fully saturated rings. The molecule has 0 unspecified atom stereocenters. The largest absolute Gasteiger partial charge is 0.491 e. The lowest BCUT2D eigenvalue weighted by molar-refractivity contribution is -0.127. The summed E-state index contributed by atoms with van der Waals surface area (Å²) in [7, 11) is 0. The zero-order chi connectivity index (χ0) is 27.2. The molecule has 0 aliphatic carbocycles. The number of ether oxygens (including phenoxy) is 1. The van der Waals surface area contributed by atoms with Gasteiger partial charge in [-0.15, -0.1) is 0 Å². The van der Waals surface area contributed by atoms with E-state index in [0.717, 1.165) is 18.4 Å². The van der Waals surface area contributed by atoms with Crippen LogP contribution in [-0.2, 0) is 4.79 Å². The molecule has 38 heavy (non-hydrogen) atoms. The van der Waals surface area contributed by atoms with Gasteiger partial charge in [0.05, 0.1) is 30.2 Å². The van der Waals surface area contributed by atoms with E-state index in [1.165, 1.54) is 12.3 Å². The molecule has 1 aromatic carbocycles. The molecule has 0 spiro atoms. The number of nitrogens with one attached hydrogen (secondary N) is 2. The number of piperidine rings is 1. The van der Waals surface area contributed by atoms with Crippen molar-refractivity contribution in [3.63, 3.8) is 0 Å². The van der Waals surface area contributed by atoms with E-state index in [0.29, 0.717) is 42.7 Å². The first kappa shape index (κ1) is 26.6. The van der Waals surface area contributed by atoms with Crippen molar-refractivity contribution in [3.8, 4) is 5.75 Å². The molecule has 0 radical (unpaired) electrons. The number of nitrogens with two attached hydrogens (primary N) is 1. The molecule has 4 rings (SSSR count). The third kappa shape index (κ3) is 6.28. The Bertz CT molecular complexity index is 1320. The molecule has 1 saturated heterocycles. The van der Waals surface area contributed by atoms with Crippen molar-refractivity contribution in [2.45, 2.75) is 39.7 Å². The number of amides is 2. The van der Waals surface area contributed by atoms with Crippen molar-refractivity contribution < 1.29 is 14.3 Å². The van der Waals surface area contributed by atoms with E-state index in [4.69, 9.17) is 10.5 Å². The van der Waals surface area contributed by atoms with E-state index in [1.807, 2.05) is 36.0 Å². The third-order valence-corrected chi connectivity index (χ3v) is 6.22. The highest BCUT2D eigenvalue weighted by Gasteiger charge is 2.24. The Hall–Kier alpha value is -4.41. The molecule has 1 aliphatic rings. The Morgan fingerprint density at radius 3 is 2.84 bits per heavy atom. The number of rotatable bonds is 10. The smallest absolute Gasteiger partial charge is 0.254 e. The minimum atomic E-state index is -0.652. The maximum absolute atomic E-state index is 12.1. The van der Waals surface area contributed by atoms with E-state index in [1.54, 1.807) is 11.1 Å². The van der Waals surface area contributed by atoms with Gasteiger partial charge < -0.3 is 26.0 Å². The van der Waals surface area contributed by atoms with Crippen molar-refractivity contribution in [2.75, 3.05) is 30.3 Å². The summed E-state index contributed by atoms with van der Waals surface area (Å²) >= 11 is 0. The summed E-state index contributed by atoms with van der Waals surface area (Å²) in [4.78, 5) is 34.8. The number of aromatic nitrogens is 4. The number of primary amides is 1. The maximum atomic E-state index is 12.1. The lowest BCUT2D eigenvalue weighted by Crippen LogP contribution is -2.39. The molecule has 11 nitrogen and oxygen atoms in total. The van der Waals surface area contributed by atoms with Gasteiger partial charge in [-0.2, -0.15) is 10.1 Å². The SMILES string of the molecule is C=CC(=O)N1CCC[C@H](n2cc(Nc3ncc(C(N)=O)c(Nc4c(C)cccc4OCC(C)C)n3)cn2)C1. The normalized spacial score (nSPS) is 15.3. The quantitative estimate of drug-likeness (QED) is 0.343. The second-order valence-corrected chi connectivity index (χ2v) is 9.72. The molecule has 3 aromatic rings. The minimum Gasteiger partial charge on any atom is -0.491 e. The Morgan fingerprint density at radius 1 is 1.29 bits per heavy atom. The van der Waals surface area contributed by atoms with E-state index >= 15 is 0 Å². The number of aryl methyl sites for hydroxylation is 1. The molecule has 3 heterocycles. The first-order valence-corrected chi connectivity index (χ1v) is 12.6. The summed E-state index contributed by atoms with van der Waals surface area (Å²) in [5.41, 5.74) is 8.06. The van der Waals surface area contributed by atoms with E-state index in [9.17, 15) is 9.59 Å². The first-order chi connectivity index (χ1) is 18.2. The fourth-order valence-corrected chi connectivity index (χ4v) is 4.25. The summed E-state index contributed by atoms with van der Waals surface area (Å²) in [5.74, 6) is 0.800. The van der Waals surface area contributed by atoms with Gasteiger partial charge in [-0.3, -0.25) is 14.3 Å². The summed E-state index contributed by atoms with van der Waals surface area (Å²) in [6.07, 6.45) is 8.06. The molecular weight excluding hydrogens is 484 g/mol. The summed E-state index contributed by atoms with van der Waals surface area (Å²) < 4.78 is 7.83. The number of likely N-dealkylation sites (tertiary alicyclic amines) is 1.